The van der Waals surface area contributed by atoms with Crippen LogP contribution in [0.2, 0.25) is 0 Å². The van der Waals surface area contributed by atoms with Gasteiger partial charge in [-0.1, -0.05) is 54.3 Å². The van der Waals surface area contributed by atoms with Gasteiger partial charge in [0.25, 0.3) is 0 Å². The molecule has 0 aliphatic rings. The van der Waals surface area contributed by atoms with Gasteiger partial charge in [0.05, 0.1) is 6.04 Å². The maximum absolute atomic E-state index is 11.6. The smallest absolute Gasteiger partial charge is 0.407 e. The number of hydrogen-bond donors (Lipinski definition) is 3. The predicted octanol–water partition coefficient (Wildman–Crippen LogP) is 2.18. The standard InChI is InChI=1S/C23H26N2O4/c24-21(22(27)16-26)14-13-19-11-9-18(10-12-19)6-4-5-15-25-23(28)29-17-20-7-2-1-3-8-20/h1-3,7-12,21,26H,5,13-17,24H2,(H,25,28)/t21-/m0/s1. The fourth-order valence-corrected chi connectivity index (χ4v) is 2.52. The molecule has 0 fully saturated rings. The van der Waals surface area contributed by atoms with Crippen molar-refractivity contribution >= 4 is 11.9 Å². The molecule has 0 saturated heterocycles. The summed E-state index contributed by atoms with van der Waals surface area (Å²) < 4.78 is 5.13. The van der Waals surface area contributed by atoms with Crippen molar-refractivity contribution in [3.63, 3.8) is 0 Å². The lowest BCUT2D eigenvalue weighted by Gasteiger charge is -2.08. The first-order valence-electron chi connectivity index (χ1n) is 9.50. The second-order valence-corrected chi connectivity index (χ2v) is 6.51. The van der Waals surface area contributed by atoms with Gasteiger partial charge in [0, 0.05) is 18.5 Å². The molecule has 0 aromatic heterocycles. The minimum atomic E-state index is -0.633. The monoisotopic (exact) mass is 394 g/mol. The van der Waals surface area contributed by atoms with Gasteiger partial charge in [0.1, 0.15) is 13.2 Å². The number of carbonyl (C=O) groups excluding carboxylic acids is 2. The predicted molar refractivity (Wildman–Crippen MR) is 111 cm³/mol. The molecule has 0 unspecified atom stereocenters. The molecule has 0 aliphatic heterocycles. The second-order valence-electron chi connectivity index (χ2n) is 6.51. The van der Waals surface area contributed by atoms with Crippen molar-refractivity contribution in [3.05, 3.63) is 71.3 Å². The van der Waals surface area contributed by atoms with E-state index in [4.69, 9.17) is 15.6 Å². The number of benzene rings is 2. The van der Waals surface area contributed by atoms with Crippen LogP contribution in [-0.2, 0) is 22.6 Å². The van der Waals surface area contributed by atoms with E-state index in [2.05, 4.69) is 17.2 Å². The zero-order chi connectivity index (χ0) is 20.9. The summed E-state index contributed by atoms with van der Waals surface area (Å²) in [6.07, 6.45) is 1.21. The minimum absolute atomic E-state index is 0.240. The number of rotatable bonds is 9. The van der Waals surface area contributed by atoms with Gasteiger partial charge >= 0.3 is 6.09 Å². The molecule has 0 radical (unpaired) electrons. The average molecular weight is 394 g/mol. The largest absolute Gasteiger partial charge is 0.445 e. The van der Waals surface area contributed by atoms with Crippen LogP contribution in [0.1, 0.15) is 29.5 Å². The Hall–Kier alpha value is -3.14. The summed E-state index contributed by atoms with van der Waals surface area (Å²) >= 11 is 0. The second kappa shape index (κ2) is 12.3. The van der Waals surface area contributed by atoms with E-state index in [0.717, 1.165) is 16.7 Å². The number of ketones is 1. The Morgan fingerprint density at radius 2 is 1.79 bits per heavy atom. The van der Waals surface area contributed by atoms with Crippen molar-refractivity contribution in [2.75, 3.05) is 13.2 Å². The van der Waals surface area contributed by atoms with E-state index < -0.39 is 18.7 Å². The molecule has 6 nitrogen and oxygen atoms in total. The number of aliphatic hydroxyl groups excluding tert-OH is 1. The molecule has 29 heavy (non-hydrogen) atoms. The zero-order valence-corrected chi connectivity index (χ0v) is 16.3. The topological polar surface area (TPSA) is 102 Å². The third kappa shape index (κ3) is 8.60. The Morgan fingerprint density at radius 3 is 2.48 bits per heavy atom. The Kier molecular flexibility index (Phi) is 9.43. The fraction of sp³-hybridized carbons (Fsp3) is 0.304. The lowest BCUT2D eigenvalue weighted by Crippen LogP contribution is -2.33. The Labute approximate surface area is 171 Å². The Balaban J connectivity index is 1.65. The van der Waals surface area contributed by atoms with Crippen LogP contribution in [-0.4, -0.2) is 36.2 Å². The molecule has 2 rings (SSSR count). The number of nitrogens with two attached hydrogens (primary N) is 1. The van der Waals surface area contributed by atoms with Crippen LogP contribution in [0.25, 0.3) is 0 Å². The first kappa shape index (κ1) is 22.2. The van der Waals surface area contributed by atoms with Crippen LogP contribution in [0.5, 0.6) is 0 Å². The lowest BCUT2D eigenvalue weighted by molar-refractivity contribution is -0.123. The molecule has 0 aliphatic carbocycles. The molecule has 2 aromatic carbocycles. The first-order chi connectivity index (χ1) is 14.1. The van der Waals surface area contributed by atoms with E-state index in [9.17, 15) is 9.59 Å². The Bertz CT molecular complexity index is 839. The van der Waals surface area contributed by atoms with E-state index in [1.807, 2.05) is 54.6 Å². The van der Waals surface area contributed by atoms with Gasteiger partial charge in [-0.2, -0.15) is 0 Å². The highest BCUT2D eigenvalue weighted by atomic mass is 16.5. The number of aryl methyl sites for hydroxylation is 1. The molecule has 2 aromatic rings. The summed E-state index contributed by atoms with van der Waals surface area (Å²) in [4.78, 5) is 22.9. The van der Waals surface area contributed by atoms with Crippen molar-refractivity contribution < 1.29 is 19.4 Å². The highest BCUT2D eigenvalue weighted by molar-refractivity contribution is 5.84. The number of amides is 1. The van der Waals surface area contributed by atoms with Gasteiger partial charge in [0.15, 0.2) is 5.78 Å². The molecule has 0 spiro atoms. The van der Waals surface area contributed by atoms with Crippen molar-refractivity contribution in [1.29, 1.82) is 0 Å². The molecule has 0 heterocycles. The summed E-state index contributed by atoms with van der Waals surface area (Å²) in [5.41, 5.74) is 8.56. The van der Waals surface area contributed by atoms with E-state index >= 15 is 0 Å². The van der Waals surface area contributed by atoms with Crippen LogP contribution in [0, 0.1) is 11.8 Å². The molecule has 4 N–H and O–H groups in total. The van der Waals surface area contributed by atoms with Crippen molar-refractivity contribution in [1.82, 2.24) is 5.32 Å². The van der Waals surface area contributed by atoms with Crippen LogP contribution in [0.15, 0.2) is 54.6 Å². The summed E-state index contributed by atoms with van der Waals surface area (Å²) in [5.74, 6) is 5.71. The number of aliphatic hydroxyl groups is 1. The van der Waals surface area contributed by atoms with Crippen LogP contribution in [0.3, 0.4) is 0 Å². The number of alkyl carbamates (subject to hydrolysis) is 1. The summed E-state index contributed by atoms with van der Waals surface area (Å²) in [6, 6.07) is 16.6. The SMILES string of the molecule is N[C@@H](CCc1ccc(C#CCCNC(=O)OCc2ccccc2)cc1)C(=O)CO. The normalized spacial score (nSPS) is 11.1. The number of ether oxygens (including phenoxy) is 1. The van der Waals surface area contributed by atoms with Crippen LogP contribution >= 0.6 is 0 Å². The van der Waals surface area contributed by atoms with Crippen LogP contribution < -0.4 is 11.1 Å². The molecule has 1 amide bonds. The number of carbonyl (C=O) groups is 2. The quantitative estimate of drug-likeness (QED) is 0.447. The zero-order valence-electron chi connectivity index (χ0n) is 16.3. The first-order valence-corrected chi connectivity index (χ1v) is 9.50. The molecular weight excluding hydrogens is 368 g/mol. The van der Waals surface area contributed by atoms with Gasteiger partial charge in [0.2, 0.25) is 0 Å². The average Bonchev–Trinajstić information content (AvgIpc) is 2.76. The third-order valence-electron chi connectivity index (χ3n) is 4.23. The lowest BCUT2D eigenvalue weighted by atomic mass is 10.0. The number of Topliss-reactive ketones (excluding diaryl/α,β-unsaturated/α-hetero) is 1. The maximum Gasteiger partial charge on any atom is 0.407 e. The van der Waals surface area contributed by atoms with Gasteiger partial charge in [-0.25, -0.2) is 4.79 Å². The Morgan fingerprint density at radius 1 is 1.07 bits per heavy atom. The third-order valence-corrected chi connectivity index (χ3v) is 4.23. The van der Waals surface area contributed by atoms with Crippen molar-refractivity contribution in [2.45, 2.75) is 31.9 Å². The molecule has 1 atom stereocenters. The molecule has 0 bridgehead atoms. The molecule has 6 heteroatoms. The van der Waals surface area contributed by atoms with Crippen LogP contribution in [0.4, 0.5) is 4.79 Å². The van der Waals surface area contributed by atoms with Crippen molar-refractivity contribution in [3.8, 4) is 11.8 Å². The van der Waals surface area contributed by atoms with E-state index in [-0.39, 0.29) is 12.4 Å². The fourth-order valence-electron chi connectivity index (χ4n) is 2.52. The summed E-state index contributed by atoms with van der Waals surface area (Å²) in [7, 11) is 0. The summed E-state index contributed by atoms with van der Waals surface area (Å²) in [6.45, 7) is 0.133. The molecule has 152 valence electrons. The number of nitrogens with one attached hydrogen (secondary N) is 1. The highest BCUT2D eigenvalue weighted by Crippen LogP contribution is 2.07. The maximum atomic E-state index is 11.6. The van der Waals surface area contributed by atoms with Crippen molar-refractivity contribution in [2.24, 2.45) is 5.73 Å². The highest BCUT2D eigenvalue weighted by Gasteiger charge is 2.11. The van der Waals surface area contributed by atoms with Gasteiger partial charge in [-0.3, -0.25) is 4.79 Å². The molecular formula is C23H26N2O4. The van der Waals surface area contributed by atoms with Gasteiger partial charge in [-0.05, 0) is 36.1 Å². The number of hydrogen-bond acceptors (Lipinski definition) is 5. The minimum Gasteiger partial charge on any atom is -0.445 e. The van der Waals surface area contributed by atoms with E-state index in [1.54, 1.807) is 0 Å². The van der Waals surface area contributed by atoms with Gasteiger partial charge < -0.3 is 20.9 Å². The van der Waals surface area contributed by atoms with E-state index in [1.165, 1.54) is 0 Å². The molecule has 0 saturated carbocycles. The van der Waals surface area contributed by atoms with Gasteiger partial charge in [-0.15, -0.1) is 0 Å². The summed E-state index contributed by atoms with van der Waals surface area (Å²) in [5, 5.41) is 11.5. The van der Waals surface area contributed by atoms with E-state index in [0.29, 0.717) is 25.8 Å².